The summed E-state index contributed by atoms with van der Waals surface area (Å²) in [7, 11) is 0. The van der Waals surface area contributed by atoms with E-state index in [4.69, 9.17) is 0 Å². The van der Waals surface area contributed by atoms with E-state index < -0.39 is 0 Å². The Hall–Kier alpha value is 0. The molecule has 0 saturated heterocycles. The van der Waals surface area contributed by atoms with E-state index >= 15 is 0 Å². The maximum atomic E-state index is 2.76. The van der Waals surface area contributed by atoms with Gasteiger partial charge in [-0.05, 0) is 96.2 Å². The molecule has 144 valence electrons. The van der Waals surface area contributed by atoms with E-state index in [0.29, 0.717) is 27.1 Å². The molecule has 25 heavy (non-hydrogen) atoms. The first-order valence-electron chi connectivity index (χ1n) is 11.5. The fourth-order valence-corrected chi connectivity index (χ4v) is 9.83. The van der Waals surface area contributed by atoms with Crippen LogP contribution >= 0.6 is 0 Å². The Morgan fingerprint density at radius 3 is 1.68 bits per heavy atom. The Bertz CT molecular complexity index is 542. The minimum Gasteiger partial charge on any atom is -0.0596 e. The Morgan fingerprint density at radius 2 is 1.00 bits per heavy atom. The predicted octanol–water partition coefficient (Wildman–Crippen LogP) is 7.86. The van der Waals surface area contributed by atoms with E-state index in [1.54, 1.807) is 0 Å². The van der Waals surface area contributed by atoms with Gasteiger partial charge in [-0.2, -0.15) is 0 Å². The molecule has 0 aliphatic heterocycles. The third-order valence-corrected chi connectivity index (χ3v) is 11.1. The van der Waals surface area contributed by atoms with Crippen LogP contribution in [0, 0.1) is 44.8 Å². The van der Waals surface area contributed by atoms with Gasteiger partial charge in [0.1, 0.15) is 0 Å². The van der Waals surface area contributed by atoms with Crippen LogP contribution in [-0.4, -0.2) is 0 Å². The zero-order chi connectivity index (χ0) is 18.3. The lowest BCUT2D eigenvalue weighted by Gasteiger charge is -2.72. The summed E-state index contributed by atoms with van der Waals surface area (Å²) in [6, 6.07) is 0. The van der Waals surface area contributed by atoms with Crippen molar-refractivity contribution >= 4 is 0 Å². The van der Waals surface area contributed by atoms with Gasteiger partial charge in [0.2, 0.25) is 0 Å². The fraction of sp³-hybridized carbons (Fsp3) is 1.00. The van der Waals surface area contributed by atoms with E-state index in [-0.39, 0.29) is 0 Å². The van der Waals surface area contributed by atoms with Gasteiger partial charge in [-0.3, -0.25) is 0 Å². The highest BCUT2D eigenvalue weighted by Gasteiger charge is 2.67. The van der Waals surface area contributed by atoms with Crippen LogP contribution < -0.4 is 0 Å². The summed E-state index contributed by atoms with van der Waals surface area (Å²) in [5.41, 5.74) is 2.88. The summed E-state index contributed by atoms with van der Waals surface area (Å²) in [5, 5.41) is 0. The molecule has 0 radical (unpaired) electrons. The SMILES string of the molecule is CC1(C)CCCC2(C)C1CCC1(C)C2CCC2C(C)(C)CCCC21C. The lowest BCUT2D eigenvalue weighted by molar-refractivity contribution is -0.232. The Labute approximate surface area is 157 Å². The Morgan fingerprint density at radius 1 is 0.480 bits per heavy atom. The number of hydrogen-bond acceptors (Lipinski definition) is 0. The number of rotatable bonds is 0. The topological polar surface area (TPSA) is 0 Å². The van der Waals surface area contributed by atoms with E-state index in [1.165, 1.54) is 64.2 Å². The largest absolute Gasteiger partial charge is 0.0596 e. The second kappa shape index (κ2) is 5.29. The van der Waals surface area contributed by atoms with Crippen LogP contribution in [0.5, 0.6) is 0 Å². The van der Waals surface area contributed by atoms with Crippen LogP contribution in [0.25, 0.3) is 0 Å². The monoisotopic (exact) mass is 344 g/mol. The molecule has 0 aromatic heterocycles. The van der Waals surface area contributed by atoms with E-state index in [0.717, 1.165) is 17.8 Å². The second-order valence-electron chi connectivity index (χ2n) is 12.8. The molecular formula is C25H44. The van der Waals surface area contributed by atoms with Crippen molar-refractivity contribution in [3.63, 3.8) is 0 Å². The van der Waals surface area contributed by atoms with Gasteiger partial charge >= 0.3 is 0 Å². The zero-order valence-electron chi connectivity index (χ0n) is 18.3. The van der Waals surface area contributed by atoms with Crippen LogP contribution in [0.1, 0.15) is 113 Å². The molecule has 0 nitrogen and oxygen atoms in total. The van der Waals surface area contributed by atoms with Gasteiger partial charge < -0.3 is 0 Å². The fourth-order valence-electron chi connectivity index (χ4n) is 9.83. The average molecular weight is 345 g/mol. The molecule has 0 heteroatoms. The van der Waals surface area contributed by atoms with E-state index in [2.05, 4.69) is 48.5 Å². The highest BCUT2D eigenvalue weighted by Crippen LogP contribution is 2.75. The van der Waals surface area contributed by atoms with Gasteiger partial charge in [0.05, 0.1) is 0 Å². The molecule has 6 atom stereocenters. The van der Waals surface area contributed by atoms with Crippen LogP contribution in [0.3, 0.4) is 0 Å². The molecule has 0 bridgehead atoms. The highest BCUT2D eigenvalue weighted by molar-refractivity contribution is 5.16. The normalized spacial score (nSPS) is 54.1. The lowest BCUT2D eigenvalue weighted by Crippen LogP contribution is -2.64. The zero-order valence-corrected chi connectivity index (χ0v) is 18.3. The molecule has 0 aromatic carbocycles. The van der Waals surface area contributed by atoms with Crippen LogP contribution in [0.15, 0.2) is 0 Å². The molecule has 6 unspecified atom stereocenters. The van der Waals surface area contributed by atoms with Crippen LogP contribution in [0.4, 0.5) is 0 Å². The molecule has 4 fully saturated rings. The van der Waals surface area contributed by atoms with Crippen molar-refractivity contribution in [2.24, 2.45) is 44.8 Å². The molecule has 0 amide bonds. The molecule has 4 rings (SSSR count). The van der Waals surface area contributed by atoms with Gasteiger partial charge in [-0.25, -0.2) is 0 Å². The van der Waals surface area contributed by atoms with E-state index in [9.17, 15) is 0 Å². The number of hydrogen-bond donors (Lipinski definition) is 0. The van der Waals surface area contributed by atoms with Crippen molar-refractivity contribution in [1.82, 2.24) is 0 Å². The van der Waals surface area contributed by atoms with Crippen LogP contribution in [0.2, 0.25) is 0 Å². The number of fused-ring (bicyclic) bond motifs is 5. The summed E-state index contributed by atoms with van der Waals surface area (Å²) in [5.74, 6) is 2.88. The van der Waals surface area contributed by atoms with E-state index in [1.807, 2.05) is 0 Å². The summed E-state index contributed by atoms with van der Waals surface area (Å²) < 4.78 is 0. The van der Waals surface area contributed by atoms with Crippen molar-refractivity contribution in [1.29, 1.82) is 0 Å². The third-order valence-electron chi connectivity index (χ3n) is 11.1. The first-order chi connectivity index (χ1) is 11.5. The smallest absolute Gasteiger partial charge is 0.0235 e. The molecule has 4 aliphatic carbocycles. The molecular weight excluding hydrogens is 300 g/mol. The first-order valence-corrected chi connectivity index (χ1v) is 11.5. The molecule has 0 N–H and O–H groups in total. The highest BCUT2D eigenvalue weighted by atomic mass is 14.7. The standard InChI is InChI=1S/C25H44/c1-21(2)13-8-15-23(5)18(21)12-17-25(7)20(23)11-10-19-22(3,4)14-9-16-24(19,25)6/h18-20H,8-17H2,1-7H3. The van der Waals surface area contributed by atoms with Gasteiger partial charge in [0.25, 0.3) is 0 Å². The average Bonchev–Trinajstić information content (AvgIpc) is 2.47. The predicted molar refractivity (Wildman–Crippen MR) is 109 cm³/mol. The quantitative estimate of drug-likeness (QED) is 0.419. The van der Waals surface area contributed by atoms with Crippen molar-refractivity contribution in [3.05, 3.63) is 0 Å². The van der Waals surface area contributed by atoms with Crippen molar-refractivity contribution in [2.45, 2.75) is 113 Å². The summed E-state index contributed by atoms with van der Waals surface area (Å²) >= 11 is 0. The van der Waals surface area contributed by atoms with Gasteiger partial charge in [-0.15, -0.1) is 0 Å². The van der Waals surface area contributed by atoms with Crippen molar-refractivity contribution in [3.8, 4) is 0 Å². The Balaban J connectivity index is 1.76. The molecule has 0 heterocycles. The van der Waals surface area contributed by atoms with Gasteiger partial charge in [-0.1, -0.05) is 61.3 Å². The molecule has 4 saturated carbocycles. The molecule has 0 spiro atoms. The minimum absolute atomic E-state index is 0.560. The lowest BCUT2D eigenvalue weighted by atomic mass is 9.33. The van der Waals surface area contributed by atoms with Gasteiger partial charge in [0.15, 0.2) is 0 Å². The maximum Gasteiger partial charge on any atom is -0.0235 e. The summed E-state index contributed by atoms with van der Waals surface area (Å²) in [4.78, 5) is 0. The van der Waals surface area contributed by atoms with Crippen molar-refractivity contribution < 1.29 is 0 Å². The van der Waals surface area contributed by atoms with Crippen LogP contribution in [-0.2, 0) is 0 Å². The molecule has 0 aromatic rings. The second-order valence-corrected chi connectivity index (χ2v) is 12.8. The third kappa shape index (κ3) is 2.24. The first kappa shape index (κ1) is 18.4. The van der Waals surface area contributed by atoms with Gasteiger partial charge in [0, 0.05) is 0 Å². The summed E-state index contributed by atoms with van der Waals surface area (Å²) in [6.45, 7) is 18.6. The summed E-state index contributed by atoms with van der Waals surface area (Å²) in [6.07, 6.45) is 14.9. The Kier molecular flexibility index (Phi) is 3.88. The maximum absolute atomic E-state index is 2.76. The van der Waals surface area contributed by atoms with Crippen molar-refractivity contribution in [2.75, 3.05) is 0 Å². The minimum atomic E-state index is 0.560. The molecule has 4 aliphatic rings.